The van der Waals surface area contributed by atoms with E-state index >= 15 is 0 Å². The first-order valence-electron chi connectivity index (χ1n) is 11.9. The van der Waals surface area contributed by atoms with Gasteiger partial charge in [0.25, 0.3) is 0 Å². The second kappa shape index (κ2) is 10.9. The van der Waals surface area contributed by atoms with Crippen molar-refractivity contribution in [3.63, 3.8) is 0 Å². The Hall–Kier alpha value is -2.72. The normalized spacial score (nSPS) is 14.4. The van der Waals surface area contributed by atoms with E-state index in [-0.39, 0.29) is 23.0 Å². The van der Waals surface area contributed by atoms with Crippen LogP contribution in [0.15, 0.2) is 64.8 Å². The van der Waals surface area contributed by atoms with Gasteiger partial charge in [0.1, 0.15) is 9.86 Å². The largest absolute Gasteiger partial charge is 0.370 e. The molecule has 2 aromatic heterocycles. The maximum atomic E-state index is 12.8. The molecular weight excluding hydrogens is 523 g/mol. The van der Waals surface area contributed by atoms with E-state index in [1.165, 1.54) is 34.7 Å². The predicted molar refractivity (Wildman–Crippen MR) is 152 cm³/mol. The Balaban J connectivity index is 1.38. The molecule has 1 N–H and O–H groups in total. The van der Waals surface area contributed by atoms with Gasteiger partial charge in [-0.1, -0.05) is 53.9 Å². The minimum Gasteiger partial charge on any atom is -0.370 e. The molecule has 190 valence electrons. The number of amides is 1. The number of ether oxygens (including phenoxy) is 1. The molecule has 1 amide bonds. The zero-order chi connectivity index (χ0) is 26.0. The first kappa shape index (κ1) is 25.9. The molecule has 4 aromatic rings. The highest BCUT2D eigenvalue weighted by Gasteiger charge is 2.31. The topological polar surface area (TPSA) is 81.2 Å². The van der Waals surface area contributed by atoms with Crippen LogP contribution in [-0.4, -0.2) is 33.0 Å². The number of hydrogen-bond acceptors (Lipinski definition) is 8. The summed E-state index contributed by atoms with van der Waals surface area (Å²) in [5, 5.41) is 5.50. The molecule has 1 aliphatic heterocycles. The van der Waals surface area contributed by atoms with E-state index in [9.17, 15) is 9.59 Å². The fourth-order valence-corrected chi connectivity index (χ4v) is 7.04. The molecular formula is C28H27N3O3S3. The number of ketones is 1. The average molecular weight is 550 g/mol. The molecule has 0 saturated heterocycles. The fourth-order valence-electron chi connectivity index (χ4n) is 4.10. The summed E-state index contributed by atoms with van der Waals surface area (Å²) in [6.45, 7) is 6.29. The lowest BCUT2D eigenvalue weighted by Gasteiger charge is -2.30. The summed E-state index contributed by atoms with van der Waals surface area (Å²) >= 11 is 4.69. The zero-order valence-electron chi connectivity index (χ0n) is 20.9. The number of nitrogens with one attached hydrogen (secondary N) is 1. The van der Waals surface area contributed by atoms with Crippen LogP contribution < -0.4 is 5.32 Å². The van der Waals surface area contributed by atoms with E-state index < -0.39 is 0 Å². The molecule has 5 rings (SSSR count). The van der Waals surface area contributed by atoms with Crippen LogP contribution in [0.5, 0.6) is 0 Å². The Morgan fingerprint density at radius 3 is 2.54 bits per heavy atom. The van der Waals surface area contributed by atoms with Crippen molar-refractivity contribution < 1.29 is 14.3 Å². The van der Waals surface area contributed by atoms with Crippen molar-refractivity contribution in [1.29, 1.82) is 0 Å². The maximum Gasteiger partial charge on any atom is 0.234 e. The lowest BCUT2D eigenvalue weighted by atomic mass is 9.95. The highest BCUT2D eigenvalue weighted by atomic mass is 32.2. The summed E-state index contributed by atoms with van der Waals surface area (Å²) in [5.74, 6) is 0.857. The predicted octanol–water partition coefficient (Wildman–Crippen LogP) is 6.77. The van der Waals surface area contributed by atoms with Gasteiger partial charge in [-0.05, 0) is 56.2 Å². The number of thioether (sulfide) groups is 2. The van der Waals surface area contributed by atoms with Gasteiger partial charge in [-0.3, -0.25) is 9.59 Å². The minimum atomic E-state index is -0.257. The van der Waals surface area contributed by atoms with E-state index in [0.29, 0.717) is 23.0 Å². The quantitative estimate of drug-likeness (QED) is 0.112. The number of aromatic nitrogens is 2. The highest BCUT2D eigenvalue weighted by Crippen LogP contribution is 2.42. The number of Topliss-reactive ketones (excluding diaryl/α,β-unsaturated/α-hetero) is 1. The van der Waals surface area contributed by atoms with Crippen LogP contribution in [0.4, 0.5) is 5.69 Å². The van der Waals surface area contributed by atoms with Gasteiger partial charge in [-0.2, -0.15) is 0 Å². The molecule has 0 saturated carbocycles. The lowest BCUT2D eigenvalue weighted by Crippen LogP contribution is -2.31. The number of fused-ring (bicyclic) bond motifs is 3. The van der Waals surface area contributed by atoms with E-state index in [1.807, 2.05) is 18.2 Å². The first-order valence-corrected chi connectivity index (χ1v) is 14.7. The van der Waals surface area contributed by atoms with Gasteiger partial charge >= 0.3 is 0 Å². The van der Waals surface area contributed by atoms with E-state index in [0.717, 1.165) is 27.4 Å². The first-order chi connectivity index (χ1) is 17.8. The lowest BCUT2D eigenvalue weighted by molar-refractivity contribution is -0.113. The SMILES string of the molecule is CC(=O)c1ccc(NC(=O)CSc2nc(SCc3ccccc3)nc3sc4c(c23)CC(C)(C)OC4)cc1. The Morgan fingerprint density at radius 2 is 1.81 bits per heavy atom. The van der Waals surface area contributed by atoms with Gasteiger partial charge in [0.05, 0.1) is 18.0 Å². The number of thiophene rings is 1. The van der Waals surface area contributed by atoms with Crippen molar-refractivity contribution in [1.82, 2.24) is 9.97 Å². The third kappa shape index (κ3) is 6.23. The van der Waals surface area contributed by atoms with Crippen LogP contribution >= 0.6 is 34.9 Å². The molecule has 0 bridgehead atoms. The Labute approximate surface area is 228 Å². The Bertz CT molecular complexity index is 1450. The molecule has 0 atom stereocenters. The molecule has 37 heavy (non-hydrogen) atoms. The van der Waals surface area contributed by atoms with Crippen LogP contribution in [-0.2, 0) is 28.3 Å². The summed E-state index contributed by atoms with van der Waals surface area (Å²) < 4.78 is 6.05. The zero-order valence-corrected chi connectivity index (χ0v) is 23.3. The fraction of sp³-hybridized carbons (Fsp3) is 0.286. The Morgan fingerprint density at radius 1 is 1.05 bits per heavy atom. The number of carbonyl (C=O) groups excluding carboxylic acids is 2. The second-order valence-electron chi connectivity index (χ2n) is 9.47. The van der Waals surface area contributed by atoms with Gasteiger partial charge in [0, 0.05) is 33.7 Å². The summed E-state index contributed by atoms with van der Waals surface area (Å²) in [7, 11) is 0. The molecule has 1 aliphatic rings. The van der Waals surface area contributed by atoms with Crippen molar-refractivity contribution >= 4 is 62.5 Å². The van der Waals surface area contributed by atoms with E-state index in [1.54, 1.807) is 47.4 Å². The van der Waals surface area contributed by atoms with Gasteiger partial charge in [-0.15, -0.1) is 11.3 Å². The van der Waals surface area contributed by atoms with Crippen molar-refractivity contribution in [3.05, 3.63) is 76.2 Å². The summed E-state index contributed by atoms with van der Waals surface area (Å²) in [5.41, 5.74) is 3.46. The average Bonchev–Trinajstić information content (AvgIpc) is 3.23. The third-order valence-corrected chi connectivity index (χ3v) is 9.00. The molecule has 0 fully saturated rings. The van der Waals surface area contributed by atoms with Crippen LogP contribution in [0.3, 0.4) is 0 Å². The van der Waals surface area contributed by atoms with E-state index in [2.05, 4.69) is 31.3 Å². The van der Waals surface area contributed by atoms with Crippen molar-refractivity contribution in [2.75, 3.05) is 11.1 Å². The number of rotatable bonds is 8. The summed E-state index contributed by atoms with van der Waals surface area (Å²) in [4.78, 5) is 36.3. The third-order valence-electron chi connectivity index (χ3n) is 6.00. The molecule has 6 nitrogen and oxygen atoms in total. The molecule has 0 unspecified atom stereocenters. The number of benzene rings is 2. The van der Waals surface area contributed by atoms with Crippen LogP contribution in [0.2, 0.25) is 0 Å². The van der Waals surface area contributed by atoms with E-state index in [4.69, 9.17) is 14.7 Å². The van der Waals surface area contributed by atoms with Gasteiger partial charge < -0.3 is 10.1 Å². The number of carbonyl (C=O) groups is 2. The Kier molecular flexibility index (Phi) is 7.67. The second-order valence-corrected chi connectivity index (χ2v) is 12.5. The van der Waals surface area contributed by atoms with Crippen LogP contribution in [0, 0.1) is 0 Å². The van der Waals surface area contributed by atoms with Gasteiger partial charge in [0.2, 0.25) is 5.91 Å². The smallest absolute Gasteiger partial charge is 0.234 e. The molecule has 0 spiro atoms. The van der Waals surface area contributed by atoms with Gasteiger partial charge in [0.15, 0.2) is 10.9 Å². The number of hydrogen-bond donors (Lipinski definition) is 1. The molecule has 0 aliphatic carbocycles. The monoisotopic (exact) mass is 549 g/mol. The van der Waals surface area contributed by atoms with Crippen molar-refractivity contribution in [2.24, 2.45) is 0 Å². The maximum absolute atomic E-state index is 12.8. The molecule has 9 heteroatoms. The summed E-state index contributed by atoms with van der Waals surface area (Å²) in [6.07, 6.45) is 0.782. The number of nitrogens with zero attached hydrogens (tertiary/aromatic N) is 2. The van der Waals surface area contributed by atoms with Crippen LogP contribution in [0.25, 0.3) is 10.2 Å². The number of anilines is 1. The van der Waals surface area contributed by atoms with Crippen molar-refractivity contribution in [3.8, 4) is 0 Å². The van der Waals surface area contributed by atoms with Gasteiger partial charge in [-0.25, -0.2) is 9.97 Å². The summed E-state index contributed by atoms with van der Waals surface area (Å²) in [6, 6.07) is 17.2. The molecule has 2 aromatic carbocycles. The standard InChI is InChI=1S/C28H27N3O3S3/c1-17(32)19-9-11-20(12-10-19)29-23(33)16-35-25-24-21-13-28(2,3)34-14-22(21)37-26(24)31-27(30-25)36-15-18-7-5-4-6-8-18/h4-12H,13-16H2,1-3H3,(H,29,33). The van der Waals surface area contributed by atoms with Crippen LogP contribution in [0.1, 0.15) is 47.1 Å². The highest BCUT2D eigenvalue weighted by molar-refractivity contribution is 8.00. The molecule has 0 radical (unpaired) electrons. The molecule has 3 heterocycles. The minimum absolute atomic E-state index is 0.00480. The van der Waals surface area contributed by atoms with Crippen molar-refractivity contribution in [2.45, 2.75) is 55.3 Å².